The van der Waals surface area contributed by atoms with Gasteiger partial charge in [-0.25, -0.2) is 9.69 Å². The zero-order chi connectivity index (χ0) is 64.9. The van der Waals surface area contributed by atoms with Gasteiger partial charge in [0.2, 0.25) is 0 Å². The largest absolute Gasteiger partial charge is 0.310 e. The summed E-state index contributed by atoms with van der Waals surface area (Å²) < 4.78 is 5.02. The number of hydrogen-bond donors (Lipinski definition) is 0. The molecule has 0 N–H and O–H groups in total. The molecule has 18 aromatic rings. The van der Waals surface area contributed by atoms with Crippen LogP contribution < -0.4 is 0 Å². The first-order valence-electron chi connectivity index (χ1n) is 34.9. The quantitative estimate of drug-likeness (QED) is 0.142. The lowest BCUT2D eigenvalue weighted by Crippen LogP contribution is -2.28. The molecule has 0 fully saturated rings. The number of nitrogens with zero attached hydrogens (tertiary/aromatic N) is 6. The van der Waals surface area contributed by atoms with Crippen molar-refractivity contribution in [3.05, 3.63) is 398 Å². The first kappa shape index (κ1) is 51.2. The van der Waals surface area contributed by atoms with E-state index in [2.05, 4.69) is 261 Å². The van der Waals surface area contributed by atoms with Crippen LogP contribution in [-0.4, -0.2) is 8.80 Å². The van der Waals surface area contributed by atoms with Crippen molar-refractivity contribution in [3.8, 4) is 12.1 Å². The van der Waals surface area contributed by atoms with Gasteiger partial charge in [0, 0.05) is 101 Å². The molecule has 4 aromatic heterocycles. The summed E-state index contributed by atoms with van der Waals surface area (Å²) in [5, 5.41) is 35.4. The Labute approximate surface area is 571 Å². The van der Waals surface area contributed by atoms with E-state index >= 15 is 0 Å². The molecule has 452 valence electrons. The predicted octanol–water partition coefficient (Wildman–Crippen LogP) is 21.9. The van der Waals surface area contributed by atoms with E-state index in [0.29, 0.717) is 22.5 Å². The molecule has 100 heavy (non-hydrogen) atoms. The summed E-state index contributed by atoms with van der Waals surface area (Å²) in [4.78, 5) is 9.26. The molecule has 0 atom stereocenters. The number of benzene rings is 14. The maximum absolute atomic E-state index is 12.0. The van der Waals surface area contributed by atoms with Crippen LogP contribution in [0, 0.1) is 35.8 Å². The Kier molecular flexibility index (Phi) is 8.70. The first-order valence-corrected chi connectivity index (χ1v) is 34.9. The first-order chi connectivity index (χ1) is 49.6. The third-order valence-corrected chi connectivity index (χ3v) is 26.1. The molecule has 0 saturated carbocycles. The van der Waals surface area contributed by atoms with Crippen molar-refractivity contribution >= 4 is 98.3 Å². The fourth-order valence-corrected chi connectivity index (χ4v) is 23.1. The number of nitriles is 2. The molecule has 12 aliphatic rings. The zero-order valence-corrected chi connectivity index (χ0v) is 53.2. The molecule has 6 nitrogen and oxygen atoms in total. The number of rotatable bonds is 0. The Hall–Kier alpha value is -13.1. The van der Waals surface area contributed by atoms with Crippen LogP contribution in [0.5, 0.6) is 0 Å². The minimum atomic E-state index is -0.187. The average Bonchev–Trinajstić information content (AvgIpc) is 1.46. The monoisotopic (exact) mass is 1260 g/mol. The van der Waals surface area contributed by atoms with Crippen molar-refractivity contribution in [1.82, 2.24) is 8.80 Å². The number of fused-ring (bicyclic) bond motifs is 15. The van der Waals surface area contributed by atoms with Gasteiger partial charge < -0.3 is 8.80 Å². The fourth-order valence-electron chi connectivity index (χ4n) is 23.1. The Morgan fingerprint density at radius 1 is 0.250 bits per heavy atom. The molecule has 0 radical (unpaired) electrons. The maximum atomic E-state index is 12.0. The third-order valence-electron chi connectivity index (χ3n) is 26.1. The van der Waals surface area contributed by atoms with Gasteiger partial charge in [-0.05, 0) is 181 Å². The van der Waals surface area contributed by atoms with Crippen molar-refractivity contribution in [2.24, 2.45) is 0 Å². The summed E-state index contributed by atoms with van der Waals surface area (Å²) >= 11 is 0. The molecular formula is C94H46N6. The molecule has 0 spiro atoms. The van der Waals surface area contributed by atoms with E-state index in [1.807, 2.05) is 0 Å². The lowest BCUT2D eigenvalue weighted by Gasteiger charge is -2.43. The van der Waals surface area contributed by atoms with Crippen LogP contribution in [-0.2, 0) is 0 Å². The molecule has 12 aliphatic carbocycles. The zero-order valence-electron chi connectivity index (χ0n) is 53.2. The molecule has 0 amide bonds. The topological polar surface area (TPSA) is 65.1 Å². The Morgan fingerprint density at radius 3 is 0.750 bits per heavy atom. The molecule has 6 heteroatoms. The SMILES string of the molecule is [C-]#[N+]c1cc2c(c3c1C1c4ccccc4C3c3ccccc31)c1cc3c(cc4c5c6c(c(C#N)cc5n5c7cc(C#N)c8c(c7c3c45)C3c4ccccc4C8c4ccccc43)C3c4ccccc4C6c4ccccc43)c3c4c5c(c([N+]#[C-])cc4n2c13)C1c2ccccc2C5c2ccccc21. The van der Waals surface area contributed by atoms with Gasteiger partial charge >= 0.3 is 0 Å². The lowest BCUT2D eigenvalue weighted by molar-refractivity contribution is 0.758. The molecular weight excluding hydrogens is 1210 g/mol. The van der Waals surface area contributed by atoms with Gasteiger partial charge in [0.05, 0.1) is 58.5 Å². The van der Waals surface area contributed by atoms with Crippen molar-refractivity contribution in [3.63, 3.8) is 0 Å². The van der Waals surface area contributed by atoms with Gasteiger partial charge in [-0.3, -0.25) is 0 Å². The molecule has 4 heterocycles. The van der Waals surface area contributed by atoms with E-state index in [1.54, 1.807) is 0 Å². The minimum absolute atomic E-state index is 0.147. The smallest absolute Gasteiger partial charge is 0.193 e. The van der Waals surface area contributed by atoms with E-state index in [-0.39, 0.29) is 47.3 Å². The van der Waals surface area contributed by atoms with Crippen LogP contribution in [0.25, 0.3) is 96.7 Å². The van der Waals surface area contributed by atoms with Gasteiger partial charge in [0.15, 0.2) is 11.4 Å². The maximum Gasteiger partial charge on any atom is 0.193 e. The van der Waals surface area contributed by atoms with E-state index in [4.69, 9.17) is 0 Å². The van der Waals surface area contributed by atoms with Crippen molar-refractivity contribution < 1.29 is 0 Å². The molecule has 0 aliphatic heterocycles. The Bertz CT molecular complexity index is 6720. The van der Waals surface area contributed by atoms with Crippen molar-refractivity contribution in [1.29, 1.82) is 10.5 Å². The highest BCUT2D eigenvalue weighted by Gasteiger charge is 2.51. The van der Waals surface area contributed by atoms with Gasteiger partial charge in [-0.2, -0.15) is 10.5 Å². The van der Waals surface area contributed by atoms with Gasteiger partial charge in [0.1, 0.15) is 0 Å². The summed E-state index contributed by atoms with van der Waals surface area (Å²) in [6, 6.07) is 91.7. The predicted molar refractivity (Wildman–Crippen MR) is 394 cm³/mol. The van der Waals surface area contributed by atoms with Crippen molar-refractivity contribution in [2.75, 3.05) is 0 Å². The highest BCUT2D eigenvalue weighted by molar-refractivity contribution is 6.41. The molecule has 14 aromatic carbocycles. The summed E-state index contributed by atoms with van der Waals surface area (Å²) in [5.74, 6) is -1.33. The standard InChI is InChI=1S/C94H46N6/c1-97-65-39-69-82(91-79-57-31-15-7-23-49(57)75(85(65)91)50-24-8-16-32-58(50)79)64-38-61-62(84-88-70(100(69)94(64)84)40-66(98-2)86-76-51-25-9-17-33-59(51)80(92(86)88)60-34-18-10-26-52(60)76)37-63-81-67(35-43(41-95)71-73-45-19-3-11-27-53(45)77(89(71)81)54-28-12-4-20-46(54)73)99-68-36-44(42-96)72-74-47-21-5-13-29-55(47)78(56-30-14-6-22-48(56)74)90(72)87(68)83(61)93(63)99/h3-40,73-80H. The van der Waals surface area contributed by atoms with Crippen LogP contribution in [0.2, 0.25) is 0 Å². The van der Waals surface area contributed by atoms with Crippen molar-refractivity contribution in [2.45, 2.75) is 47.3 Å². The highest BCUT2D eigenvalue weighted by atomic mass is 14.9. The van der Waals surface area contributed by atoms with Crippen LogP contribution in [0.4, 0.5) is 11.4 Å². The summed E-state index contributed by atoms with van der Waals surface area (Å²) in [5.41, 5.74) is 38.2. The van der Waals surface area contributed by atoms with Gasteiger partial charge in [-0.1, -0.05) is 194 Å². The number of hydrogen-bond acceptors (Lipinski definition) is 2. The fraction of sp³-hybridized carbons (Fsp3) is 0.0851. The molecule has 30 rings (SSSR count). The third kappa shape index (κ3) is 5.33. The Balaban J connectivity index is 0.940. The Morgan fingerprint density at radius 2 is 0.470 bits per heavy atom. The van der Waals surface area contributed by atoms with E-state index < -0.39 is 0 Å². The molecule has 0 saturated heterocycles. The number of aromatic nitrogens is 2. The average molecular weight is 1260 g/mol. The second-order valence-corrected chi connectivity index (χ2v) is 29.5. The van der Waals surface area contributed by atoms with E-state index in [9.17, 15) is 23.7 Å². The van der Waals surface area contributed by atoms with Gasteiger partial charge in [-0.15, -0.1) is 0 Å². The second-order valence-electron chi connectivity index (χ2n) is 29.5. The normalized spacial score (nSPS) is 20.2. The second kappa shape index (κ2) is 17.0. The summed E-state index contributed by atoms with van der Waals surface area (Å²) in [6.45, 7) is 18.8. The minimum Gasteiger partial charge on any atom is -0.310 e. The van der Waals surface area contributed by atoms with Crippen LogP contribution in [0.1, 0.15) is 192 Å². The van der Waals surface area contributed by atoms with E-state index in [0.717, 1.165) is 109 Å². The van der Waals surface area contributed by atoms with Gasteiger partial charge in [0.25, 0.3) is 0 Å². The highest BCUT2D eigenvalue weighted by Crippen LogP contribution is 2.68. The van der Waals surface area contributed by atoms with Crippen LogP contribution >= 0.6 is 0 Å². The summed E-state index contributed by atoms with van der Waals surface area (Å²) in [7, 11) is 0. The van der Waals surface area contributed by atoms with E-state index in [1.165, 1.54) is 111 Å². The molecule has 8 bridgehead atoms. The lowest BCUT2D eigenvalue weighted by atomic mass is 9.59. The molecule has 0 unspecified atom stereocenters. The van der Waals surface area contributed by atoms with Crippen LogP contribution in [0.15, 0.2) is 231 Å². The summed E-state index contributed by atoms with van der Waals surface area (Å²) in [6.07, 6.45) is 0. The van der Waals surface area contributed by atoms with Crippen LogP contribution in [0.3, 0.4) is 0 Å².